The first-order chi connectivity index (χ1) is 12.8. The third kappa shape index (κ3) is 3.27. The molecule has 4 nitrogen and oxygen atoms in total. The van der Waals surface area contributed by atoms with Crippen molar-refractivity contribution in [2.45, 2.75) is 25.4 Å². The van der Waals surface area contributed by atoms with Crippen molar-refractivity contribution in [2.75, 3.05) is 32.8 Å². The Morgan fingerprint density at radius 1 is 1.04 bits per heavy atom. The van der Waals surface area contributed by atoms with E-state index in [4.69, 9.17) is 4.74 Å². The number of hydrogen-bond donors (Lipinski definition) is 0. The van der Waals surface area contributed by atoms with Crippen LogP contribution in [0.4, 0.5) is 0 Å². The van der Waals surface area contributed by atoms with E-state index in [0.717, 1.165) is 43.8 Å². The minimum Gasteiger partial charge on any atom is -0.378 e. The minimum atomic E-state index is 0.156. The average molecular weight is 350 g/mol. The number of fused-ring (bicyclic) bond motifs is 1. The van der Waals surface area contributed by atoms with Crippen LogP contribution in [0.25, 0.3) is 0 Å². The average Bonchev–Trinajstić information content (AvgIpc) is 2.73. The van der Waals surface area contributed by atoms with E-state index in [1.807, 2.05) is 29.2 Å². The van der Waals surface area contributed by atoms with Crippen LogP contribution in [-0.2, 0) is 11.2 Å². The molecule has 0 spiro atoms. The van der Waals surface area contributed by atoms with Gasteiger partial charge in [0.25, 0.3) is 5.91 Å². The standard InChI is InChI=1S/C22H26N2O2/c1-2-17-8-6-7-11-20(17)22(25)23-12-13-24-19(14-23)15-26-16-21(24)18-9-4-3-5-10-18/h3-11,19,21H,2,12-16H2,1H3/t19-,21-/m1/s1. The third-order valence-corrected chi connectivity index (χ3v) is 5.61. The highest BCUT2D eigenvalue weighted by molar-refractivity contribution is 5.95. The van der Waals surface area contributed by atoms with E-state index in [2.05, 4.69) is 42.2 Å². The van der Waals surface area contributed by atoms with Crippen LogP contribution >= 0.6 is 0 Å². The lowest BCUT2D eigenvalue weighted by molar-refractivity contribution is -0.0770. The molecule has 4 heteroatoms. The molecule has 2 fully saturated rings. The molecule has 0 bridgehead atoms. The van der Waals surface area contributed by atoms with E-state index in [1.54, 1.807) is 0 Å². The van der Waals surface area contributed by atoms with Gasteiger partial charge in [-0.25, -0.2) is 0 Å². The van der Waals surface area contributed by atoms with Crippen LogP contribution in [0.1, 0.15) is 34.5 Å². The van der Waals surface area contributed by atoms with Gasteiger partial charge in [-0.2, -0.15) is 0 Å². The van der Waals surface area contributed by atoms with E-state index < -0.39 is 0 Å². The summed E-state index contributed by atoms with van der Waals surface area (Å²) in [7, 11) is 0. The summed E-state index contributed by atoms with van der Waals surface area (Å²) in [4.78, 5) is 17.6. The number of rotatable bonds is 3. The second-order valence-corrected chi connectivity index (χ2v) is 7.12. The fourth-order valence-corrected chi connectivity index (χ4v) is 4.19. The molecule has 136 valence electrons. The van der Waals surface area contributed by atoms with Crippen LogP contribution in [0.15, 0.2) is 54.6 Å². The van der Waals surface area contributed by atoms with Gasteiger partial charge >= 0.3 is 0 Å². The highest BCUT2D eigenvalue weighted by Crippen LogP contribution is 2.30. The number of aryl methyl sites for hydroxylation is 1. The zero-order valence-corrected chi connectivity index (χ0v) is 15.3. The van der Waals surface area contributed by atoms with E-state index in [0.29, 0.717) is 6.61 Å². The highest BCUT2D eigenvalue weighted by Gasteiger charge is 2.37. The van der Waals surface area contributed by atoms with Crippen LogP contribution in [0, 0.1) is 0 Å². The van der Waals surface area contributed by atoms with Crippen molar-refractivity contribution in [2.24, 2.45) is 0 Å². The first-order valence-electron chi connectivity index (χ1n) is 9.53. The molecule has 2 aromatic rings. The van der Waals surface area contributed by atoms with Crippen molar-refractivity contribution in [3.05, 3.63) is 71.3 Å². The second-order valence-electron chi connectivity index (χ2n) is 7.12. The quantitative estimate of drug-likeness (QED) is 0.852. The minimum absolute atomic E-state index is 0.156. The first-order valence-corrected chi connectivity index (χ1v) is 9.53. The lowest BCUT2D eigenvalue weighted by Gasteiger charge is -2.48. The van der Waals surface area contributed by atoms with Crippen molar-refractivity contribution in [1.82, 2.24) is 9.80 Å². The molecule has 0 unspecified atom stereocenters. The van der Waals surface area contributed by atoms with Gasteiger partial charge in [0.2, 0.25) is 0 Å². The van der Waals surface area contributed by atoms with E-state index in [1.165, 1.54) is 5.56 Å². The molecule has 2 aromatic carbocycles. The van der Waals surface area contributed by atoms with Gasteiger partial charge in [-0.3, -0.25) is 9.69 Å². The summed E-state index contributed by atoms with van der Waals surface area (Å²) in [6.45, 7) is 5.93. The number of benzene rings is 2. The monoisotopic (exact) mass is 350 g/mol. The molecule has 0 saturated carbocycles. The van der Waals surface area contributed by atoms with Gasteiger partial charge < -0.3 is 9.64 Å². The lowest BCUT2D eigenvalue weighted by atomic mass is 9.99. The molecular formula is C22H26N2O2. The van der Waals surface area contributed by atoms with Crippen LogP contribution in [0.5, 0.6) is 0 Å². The summed E-state index contributed by atoms with van der Waals surface area (Å²) in [6.07, 6.45) is 0.879. The summed E-state index contributed by atoms with van der Waals surface area (Å²) in [5.74, 6) is 0.156. The van der Waals surface area contributed by atoms with Crippen molar-refractivity contribution >= 4 is 5.91 Å². The Hall–Kier alpha value is -2.17. The molecule has 0 aliphatic carbocycles. The molecule has 0 radical (unpaired) electrons. The molecule has 2 atom stereocenters. The zero-order chi connectivity index (χ0) is 17.9. The summed E-state index contributed by atoms with van der Waals surface area (Å²) >= 11 is 0. The Bertz CT molecular complexity index is 762. The Balaban J connectivity index is 1.50. The summed E-state index contributed by atoms with van der Waals surface area (Å²) in [6, 6.07) is 19.1. The topological polar surface area (TPSA) is 32.8 Å². The van der Waals surface area contributed by atoms with Gasteiger partial charge in [0.1, 0.15) is 0 Å². The SMILES string of the molecule is CCc1ccccc1C(=O)N1CCN2[C@@H](COC[C@@H]2c2ccccc2)C1. The predicted octanol–water partition coefficient (Wildman–Crippen LogP) is 3.15. The predicted molar refractivity (Wildman–Crippen MR) is 102 cm³/mol. The first kappa shape index (κ1) is 17.3. The molecule has 2 heterocycles. The lowest BCUT2D eigenvalue weighted by Crippen LogP contribution is -2.60. The second kappa shape index (κ2) is 7.60. The Labute approximate surface area is 155 Å². The fraction of sp³-hybridized carbons (Fsp3) is 0.409. The largest absolute Gasteiger partial charge is 0.378 e. The number of piperazine rings is 1. The third-order valence-electron chi connectivity index (χ3n) is 5.61. The van der Waals surface area contributed by atoms with E-state index in [9.17, 15) is 4.79 Å². The molecule has 26 heavy (non-hydrogen) atoms. The Kier molecular flexibility index (Phi) is 5.05. The van der Waals surface area contributed by atoms with Gasteiger partial charge in [-0.1, -0.05) is 55.5 Å². The van der Waals surface area contributed by atoms with Gasteiger partial charge in [0.15, 0.2) is 0 Å². The normalized spacial score (nSPS) is 23.5. The van der Waals surface area contributed by atoms with E-state index in [-0.39, 0.29) is 18.0 Å². The van der Waals surface area contributed by atoms with Crippen molar-refractivity contribution in [1.29, 1.82) is 0 Å². The number of morpholine rings is 1. The molecule has 2 saturated heterocycles. The molecule has 4 rings (SSSR count). The molecule has 0 aromatic heterocycles. The van der Waals surface area contributed by atoms with Crippen molar-refractivity contribution < 1.29 is 9.53 Å². The molecule has 1 amide bonds. The number of nitrogens with zero attached hydrogens (tertiary/aromatic N) is 2. The molecule has 0 N–H and O–H groups in total. The maximum atomic E-state index is 13.1. The van der Waals surface area contributed by atoms with Gasteiger partial charge in [-0.05, 0) is 23.6 Å². The number of carbonyl (C=O) groups excluding carboxylic acids is 1. The number of hydrogen-bond acceptors (Lipinski definition) is 3. The highest BCUT2D eigenvalue weighted by atomic mass is 16.5. The van der Waals surface area contributed by atoms with Crippen LogP contribution in [0.2, 0.25) is 0 Å². The fourth-order valence-electron chi connectivity index (χ4n) is 4.19. The molecule has 2 aliphatic rings. The van der Waals surface area contributed by atoms with Gasteiger partial charge in [0, 0.05) is 25.2 Å². The number of carbonyl (C=O) groups is 1. The maximum absolute atomic E-state index is 13.1. The maximum Gasteiger partial charge on any atom is 0.254 e. The Morgan fingerprint density at radius 3 is 2.62 bits per heavy atom. The smallest absolute Gasteiger partial charge is 0.254 e. The summed E-state index contributed by atoms with van der Waals surface area (Å²) < 4.78 is 5.91. The zero-order valence-electron chi connectivity index (χ0n) is 15.3. The van der Waals surface area contributed by atoms with Crippen LogP contribution in [0.3, 0.4) is 0 Å². The van der Waals surface area contributed by atoms with Crippen LogP contribution in [-0.4, -0.2) is 54.6 Å². The van der Waals surface area contributed by atoms with Gasteiger partial charge in [0.05, 0.1) is 25.3 Å². The van der Waals surface area contributed by atoms with E-state index >= 15 is 0 Å². The van der Waals surface area contributed by atoms with Crippen molar-refractivity contribution in [3.8, 4) is 0 Å². The number of ether oxygens (including phenoxy) is 1. The molecular weight excluding hydrogens is 324 g/mol. The summed E-state index contributed by atoms with van der Waals surface area (Å²) in [5, 5.41) is 0. The Morgan fingerprint density at radius 2 is 1.81 bits per heavy atom. The van der Waals surface area contributed by atoms with Crippen molar-refractivity contribution in [3.63, 3.8) is 0 Å². The molecule has 2 aliphatic heterocycles. The van der Waals surface area contributed by atoms with Gasteiger partial charge in [-0.15, -0.1) is 0 Å². The summed E-state index contributed by atoms with van der Waals surface area (Å²) in [5.41, 5.74) is 3.27. The number of amides is 1. The van der Waals surface area contributed by atoms with Crippen LogP contribution < -0.4 is 0 Å².